The first-order valence-electron chi connectivity index (χ1n) is 9.77. The SMILES string of the molecule is C=CCn1c(C2CC2)nn(CN(C)C(c2ccccc2)c2ccccc2)c1=S. The maximum Gasteiger partial charge on any atom is 0.199 e. The molecule has 1 fully saturated rings. The van der Waals surface area contributed by atoms with Crippen LogP contribution in [0, 0.1) is 4.77 Å². The van der Waals surface area contributed by atoms with Crippen molar-refractivity contribution >= 4 is 12.2 Å². The second-order valence-electron chi connectivity index (χ2n) is 7.44. The predicted molar refractivity (Wildman–Crippen MR) is 116 cm³/mol. The minimum atomic E-state index is 0.137. The molecule has 0 saturated heterocycles. The summed E-state index contributed by atoms with van der Waals surface area (Å²) in [6.45, 7) is 5.23. The van der Waals surface area contributed by atoms with Crippen molar-refractivity contribution in [1.29, 1.82) is 0 Å². The van der Waals surface area contributed by atoms with E-state index in [0.717, 1.165) is 17.1 Å². The Bertz CT molecular complexity index is 947. The minimum Gasteiger partial charge on any atom is -0.300 e. The lowest BCUT2D eigenvalue weighted by Crippen LogP contribution is -2.28. The molecule has 2 aromatic carbocycles. The third-order valence-corrected chi connectivity index (χ3v) is 5.67. The molecule has 1 heterocycles. The summed E-state index contributed by atoms with van der Waals surface area (Å²) < 4.78 is 4.87. The van der Waals surface area contributed by atoms with E-state index in [0.29, 0.717) is 12.6 Å². The number of allylic oxidation sites excluding steroid dienone is 1. The van der Waals surface area contributed by atoms with Crippen LogP contribution in [-0.4, -0.2) is 26.3 Å². The molecule has 0 bridgehead atoms. The summed E-state index contributed by atoms with van der Waals surface area (Å²) in [6.07, 6.45) is 4.30. The van der Waals surface area contributed by atoms with Gasteiger partial charge in [0.1, 0.15) is 5.82 Å². The molecule has 0 amide bonds. The van der Waals surface area contributed by atoms with E-state index in [1.807, 2.05) is 10.8 Å². The third-order valence-electron chi connectivity index (χ3n) is 5.23. The number of nitrogens with zero attached hydrogens (tertiary/aromatic N) is 4. The van der Waals surface area contributed by atoms with Crippen LogP contribution in [-0.2, 0) is 13.2 Å². The molecule has 4 nitrogen and oxygen atoms in total. The van der Waals surface area contributed by atoms with E-state index in [1.165, 1.54) is 24.0 Å². The van der Waals surface area contributed by atoms with Crippen LogP contribution in [0.25, 0.3) is 0 Å². The molecule has 1 aromatic heterocycles. The molecule has 0 spiro atoms. The molecule has 1 aliphatic rings. The molecule has 3 aromatic rings. The van der Waals surface area contributed by atoms with Gasteiger partial charge in [-0.2, -0.15) is 5.10 Å². The summed E-state index contributed by atoms with van der Waals surface area (Å²) in [5.41, 5.74) is 2.52. The molecule has 0 atom stereocenters. The fraction of sp³-hybridized carbons (Fsp3) is 0.304. The highest BCUT2D eigenvalue weighted by molar-refractivity contribution is 7.71. The molecular weight excluding hydrogens is 364 g/mol. The third kappa shape index (κ3) is 3.86. The summed E-state index contributed by atoms with van der Waals surface area (Å²) >= 11 is 5.75. The molecule has 4 rings (SSSR count). The van der Waals surface area contributed by atoms with Crippen molar-refractivity contribution in [3.05, 3.63) is 95.0 Å². The first kappa shape index (κ1) is 18.8. The van der Waals surface area contributed by atoms with Gasteiger partial charge in [0.2, 0.25) is 0 Å². The number of hydrogen-bond acceptors (Lipinski definition) is 3. The van der Waals surface area contributed by atoms with Crippen molar-refractivity contribution in [3.8, 4) is 0 Å². The Hall–Kier alpha value is -2.50. The molecule has 0 aliphatic heterocycles. The molecule has 5 heteroatoms. The molecule has 1 aliphatic carbocycles. The normalized spacial score (nSPS) is 14.0. The summed E-state index contributed by atoms with van der Waals surface area (Å²) in [6, 6.07) is 21.3. The van der Waals surface area contributed by atoms with Crippen LogP contribution >= 0.6 is 12.2 Å². The van der Waals surface area contributed by atoms with Crippen molar-refractivity contribution in [2.75, 3.05) is 7.05 Å². The van der Waals surface area contributed by atoms with Gasteiger partial charge in [-0.05, 0) is 43.2 Å². The van der Waals surface area contributed by atoms with Gasteiger partial charge in [0, 0.05) is 12.5 Å². The average Bonchev–Trinajstić information content (AvgIpc) is 3.52. The molecule has 0 N–H and O–H groups in total. The number of benzene rings is 2. The van der Waals surface area contributed by atoms with Gasteiger partial charge >= 0.3 is 0 Å². The van der Waals surface area contributed by atoms with Crippen LogP contribution in [0.3, 0.4) is 0 Å². The Balaban J connectivity index is 1.67. The Morgan fingerprint density at radius 3 is 2.18 bits per heavy atom. The Morgan fingerprint density at radius 2 is 1.68 bits per heavy atom. The summed E-state index contributed by atoms with van der Waals surface area (Å²) in [5.74, 6) is 1.65. The van der Waals surface area contributed by atoms with Crippen LogP contribution in [0.2, 0.25) is 0 Å². The standard InChI is InChI=1S/C23H26N4S/c1-3-16-26-22(20-14-15-20)24-27(23(26)28)17-25(2)21(18-10-6-4-7-11-18)19-12-8-5-9-13-19/h3-13,20-21H,1,14-17H2,2H3. The van der Waals surface area contributed by atoms with Crippen molar-refractivity contribution in [1.82, 2.24) is 19.2 Å². The van der Waals surface area contributed by atoms with E-state index in [4.69, 9.17) is 17.3 Å². The minimum absolute atomic E-state index is 0.137. The molecule has 0 unspecified atom stereocenters. The van der Waals surface area contributed by atoms with Crippen molar-refractivity contribution in [2.45, 2.75) is 38.0 Å². The fourth-order valence-electron chi connectivity index (χ4n) is 3.76. The Morgan fingerprint density at radius 1 is 1.11 bits per heavy atom. The van der Waals surface area contributed by atoms with Crippen LogP contribution in [0.4, 0.5) is 0 Å². The summed E-state index contributed by atoms with van der Waals surface area (Å²) in [4.78, 5) is 2.31. The van der Waals surface area contributed by atoms with E-state index >= 15 is 0 Å². The lowest BCUT2D eigenvalue weighted by Gasteiger charge is -2.28. The fourth-order valence-corrected chi connectivity index (χ4v) is 4.03. The van der Waals surface area contributed by atoms with E-state index in [-0.39, 0.29) is 6.04 Å². The smallest absolute Gasteiger partial charge is 0.199 e. The van der Waals surface area contributed by atoms with E-state index in [9.17, 15) is 0 Å². The van der Waals surface area contributed by atoms with Gasteiger partial charge in [-0.3, -0.25) is 9.47 Å². The predicted octanol–water partition coefficient (Wildman–Crippen LogP) is 5.16. The van der Waals surface area contributed by atoms with Gasteiger partial charge in [-0.15, -0.1) is 6.58 Å². The lowest BCUT2D eigenvalue weighted by molar-refractivity contribution is 0.207. The first-order valence-corrected chi connectivity index (χ1v) is 10.2. The van der Waals surface area contributed by atoms with Crippen molar-refractivity contribution in [3.63, 3.8) is 0 Å². The van der Waals surface area contributed by atoms with E-state index in [1.54, 1.807) is 0 Å². The second-order valence-corrected chi connectivity index (χ2v) is 7.80. The molecule has 0 radical (unpaired) electrons. The number of hydrogen-bond donors (Lipinski definition) is 0. The van der Waals surface area contributed by atoms with Gasteiger partial charge < -0.3 is 0 Å². The maximum atomic E-state index is 5.75. The van der Waals surface area contributed by atoms with Gasteiger partial charge in [-0.25, -0.2) is 4.68 Å². The Kier molecular flexibility index (Phi) is 5.55. The van der Waals surface area contributed by atoms with Crippen LogP contribution in [0.5, 0.6) is 0 Å². The second kappa shape index (κ2) is 8.25. The quantitative estimate of drug-likeness (QED) is 0.393. The lowest BCUT2D eigenvalue weighted by atomic mass is 9.98. The van der Waals surface area contributed by atoms with Crippen LogP contribution < -0.4 is 0 Å². The highest BCUT2D eigenvalue weighted by Crippen LogP contribution is 2.39. The molecule has 144 valence electrons. The number of rotatable bonds is 8. The van der Waals surface area contributed by atoms with Gasteiger partial charge in [0.05, 0.1) is 12.7 Å². The highest BCUT2D eigenvalue weighted by atomic mass is 32.1. The average molecular weight is 391 g/mol. The van der Waals surface area contributed by atoms with Gasteiger partial charge in [-0.1, -0.05) is 66.7 Å². The number of aromatic nitrogens is 3. The summed E-state index contributed by atoms with van der Waals surface area (Å²) in [5, 5.41) is 4.89. The maximum absolute atomic E-state index is 5.75. The summed E-state index contributed by atoms with van der Waals surface area (Å²) in [7, 11) is 2.13. The van der Waals surface area contributed by atoms with Crippen LogP contribution in [0.15, 0.2) is 73.3 Å². The Labute approximate surface area is 171 Å². The zero-order chi connectivity index (χ0) is 19.5. The molecular formula is C23H26N4S. The molecule has 1 saturated carbocycles. The monoisotopic (exact) mass is 390 g/mol. The van der Waals surface area contributed by atoms with E-state index in [2.05, 4.69) is 83.8 Å². The topological polar surface area (TPSA) is 26.0 Å². The van der Waals surface area contributed by atoms with Crippen molar-refractivity contribution < 1.29 is 0 Å². The van der Waals surface area contributed by atoms with Crippen molar-refractivity contribution in [2.24, 2.45) is 0 Å². The largest absolute Gasteiger partial charge is 0.300 e. The van der Waals surface area contributed by atoms with E-state index < -0.39 is 0 Å². The van der Waals surface area contributed by atoms with Crippen LogP contribution in [0.1, 0.15) is 41.8 Å². The first-order chi connectivity index (χ1) is 13.7. The van der Waals surface area contributed by atoms with Gasteiger partial charge in [0.25, 0.3) is 0 Å². The molecule has 28 heavy (non-hydrogen) atoms. The zero-order valence-corrected chi connectivity index (χ0v) is 17.1. The zero-order valence-electron chi connectivity index (χ0n) is 16.2. The highest BCUT2D eigenvalue weighted by Gasteiger charge is 2.30. The van der Waals surface area contributed by atoms with Gasteiger partial charge in [0.15, 0.2) is 4.77 Å².